The van der Waals surface area contributed by atoms with E-state index in [9.17, 15) is 0 Å². The van der Waals surface area contributed by atoms with E-state index < -0.39 is 0 Å². The standard InChI is InChI=1S/C9H16O2/c1-7(10)6-8-2-4-9(11)5-3-8/h2,7,9-11H,3-6H2,1H3. The molecule has 64 valence electrons. The highest BCUT2D eigenvalue weighted by Crippen LogP contribution is 2.21. The highest BCUT2D eigenvalue weighted by Gasteiger charge is 2.12. The molecule has 2 atom stereocenters. The maximum Gasteiger partial charge on any atom is 0.0577 e. The Morgan fingerprint density at radius 1 is 1.73 bits per heavy atom. The second kappa shape index (κ2) is 3.88. The monoisotopic (exact) mass is 156 g/mol. The summed E-state index contributed by atoms with van der Waals surface area (Å²) in [7, 11) is 0. The molecular weight excluding hydrogens is 140 g/mol. The summed E-state index contributed by atoms with van der Waals surface area (Å²) < 4.78 is 0. The van der Waals surface area contributed by atoms with Gasteiger partial charge in [-0.1, -0.05) is 11.6 Å². The van der Waals surface area contributed by atoms with Gasteiger partial charge in [-0.25, -0.2) is 0 Å². The van der Waals surface area contributed by atoms with Crippen molar-refractivity contribution in [2.45, 2.75) is 44.8 Å². The molecule has 0 fully saturated rings. The van der Waals surface area contributed by atoms with E-state index in [1.807, 2.05) is 0 Å². The molecule has 0 aliphatic heterocycles. The zero-order valence-electron chi connectivity index (χ0n) is 6.95. The van der Waals surface area contributed by atoms with Crippen molar-refractivity contribution in [3.05, 3.63) is 11.6 Å². The largest absolute Gasteiger partial charge is 0.393 e. The summed E-state index contributed by atoms with van der Waals surface area (Å²) in [5.41, 5.74) is 1.30. The average Bonchev–Trinajstić information content (AvgIpc) is 1.93. The first-order valence-electron chi connectivity index (χ1n) is 4.22. The Bertz CT molecular complexity index is 150. The minimum absolute atomic E-state index is 0.146. The van der Waals surface area contributed by atoms with Crippen molar-refractivity contribution in [1.29, 1.82) is 0 Å². The first-order valence-corrected chi connectivity index (χ1v) is 4.22. The predicted molar refractivity (Wildman–Crippen MR) is 44.2 cm³/mol. The molecule has 1 aliphatic carbocycles. The molecule has 0 radical (unpaired) electrons. The van der Waals surface area contributed by atoms with Crippen molar-refractivity contribution in [1.82, 2.24) is 0 Å². The molecule has 0 amide bonds. The molecule has 0 aromatic heterocycles. The molecule has 1 aliphatic rings. The second-order valence-corrected chi connectivity index (χ2v) is 3.34. The van der Waals surface area contributed by atoms with Crippen LogP contribution in [-0.2, 0) is 0 Å². The van der Waals surface area contributed by atoms with Crippen molar-refractivity contribution in [3.63, 3.8) is 0 Å². The van der Waals surface area contributed by atoms with Crippen LogP contribution in [0.4, 0.5) is 0 Å². The van der Waals surface area contributed by atoms with Gasteiger partial charge < -0.3 is 10.2 Å². The van der Waals surface area contributed by atoms with Gasteiger partial charge in [-0.2, -0.15) is 0 Å². The molecule has 0 heterocycles. The fraction of sp³-hybridized carbons (Fsp3) is 0.778. The van der Waals surface area contributed by atoms with E-state index in [0.717, 1.165) is 25.7 Å². The van der Waals surface area contributed by atoms with E-state index in [4.69, 9.17) is 10.2 Å². The lowest BCUT2D eigenvalue weighted by Gasteiger charge is -2.18. The third-order valence-corrected chi connectivity index (χ3v) is 2.03. The Morgan fingerprint density at radius 3 is 2.91 bits per heavy atom. The molecule has 2 N–H and O–H groups in total. The summed E-state index contributed by atoms with van der Waals surface area (Å²) in [4.78, 5) is 0. The number of aliphatic hydroxyl groups is 2. The van der Waals surface area contributed by atoms with Gasteiger partial charge >= 0.3 is 0 Å². The maximum atomic E-state index is 9.15. The summed E-state index contributed by atoms with van der Waals surface area (Å²) in [6, 6.07) is 0. The predicted octanol–water partition coefficient (Wildman–Crippen LogP) is 1.23. The fourth-order valence-electron chi connectivity index (χ4n) is 1.44. The molecule has 2 heteroatoms. The molecule has 0 saturated carbocycles. The van der Waals surface area contributed by atoms with Gasteiger partial charge in [0.1, 0.15) is 0 Å². The first kappa shape index (κ1) is 8.75. The van der Waals surface area contributed by atoms with Crippen molar-refractivity contribution < 1.29 is 10.2 Å². The highest BCUT2D eigenvalue weighted by molar-refractivity contribution is 5.07. The number of aliphatic hydroxyl groups excluding tert-OH is 2. The molecule has 0 saturated heterocycles. The van der Waals surface area contributed by atoms with Crippen LogP contribution >= 0.6 is 0 Å². The van der Waals surface area contributed by atoms with Crippen LogP contribution in [0.5, 0.6) is 0 Å². The number of hydrogen-bond donors (Lipinski definition) is 2. The average molecular weight is 156 g/mol. The topological polar surface area (TPSA) is 40.5 Å². The molecular formula is C9H16O2. The third-order valence-electron chi connectivity index (χ3n) is 2.03. The van der Waals surface area contributed by atoms with Gasteiger partial charge in [0, 0.05) is 0 Å². The molecule has 0 spiro atoms. The van der Waals surface area contributed by atoms with Crippen LogP contribution in [0.3, 0.4) is 0 Å². The summed E-state index contributed by atoms with van der Waals surface area (Å²) in [5.74, 6) is 0. The second-order valence-electron chi connectivity index (χ2n) is 3.34. The van der Waals surface area contributed by atoms with Gasteiger partial charge in [-0.15, -0.1) is 0 Å². The Hall–Kier alpha value is -0.340. The summed E-state index contributed by atoms with van der Waals surface area (Å²) in [5, 5.41) is 18.2. The van der Waals surface area contributed by atoms with Crippen LogP contribution in [0.25, 0.3) is 0 Å². The Morgan fingerprint density at radius 2 is 2.45 bits per heavy atom. The normalized spacial score (nSPS) is 27.9. The van der Waals surface area contributed by atoms with E-state index in [-0.39, 0.29) is 12.2 Å². The van der Waals surface area contributed by atoms with Crippen LogP contribution < -0.4 is 0 Å². The SMILES string of the molecule is CC(O)CC1=CCC(O)CC1. The van der Waals surface area contributed by atoms with Gasteiger partial charge in [-0.3, -0.25) is 0 Å². The van der Waals surface area contributed by atoms with Gasteiger partial charge in [0.25, 0.3) is 0 Å². The number of hydrogen-bond acceptors (Lipinski definition) is 2. The molecule has 0 bridgehead atoms. The van der Waals surface area contributed by atoms with E-state index >= 15 is 0 Å². The fourth-order valence-corrected chi connectivity index (χ4v) is 1.44. The molecule has 2 nitrogen and oxygen atoms in total. The summed E-state index contributed by atoms with van der Waals surface area (Å²) in [6.07, 6.45) is 5.02. The Balaban J connectivity index is 2.35. The lowest BCUT2D eigenvalue weighted by Crippen LogP contribution is -2.12. The molecule has 11 heavy (non-hydrogen) atoms. The van der Waals surface area contributed by atoms with Crippen LogP contribution in [0.2, 0.25) is 0 Å². The van der Waals surface area contributed by atoms with Crippen molar-refractivity contribution >= 4 is 0 Å². The minimum atomic E-state index is -0.239. The molecule has 1 rings (SSSR count). The van der Waals surface area contributed by atoms with Crippen LogP contribution in [0, 0.1) is 0 Å². The lowest BCUT2D eigenvalue weighted by atomic mass is 9.94. The van der Waals surface area contributed by atoms with E-state index in [2.05, 4.69) is 6.08 Å². The van der Waals surface area contributed by atoms with Crippen molar-refractivity contribution in [2.24, 2.45) is 0 Å². The molecule has 0 aromatic carbocycles. The zero-order valence-corrected chi connectivity index (χ0v) is 6.95. The lowest BCUT2D eigenvalue weighted by molar-refractivity contribution is 0.156. The summed E-state index contributed by atoms with van der Waals surface area (Å²) >= 11 is 0. The van der Waals surface area contributed by atoms with E-state index in [0.29, 0.717) is 0 Å². The number of rotatable bonds is 2. The minimum Gasteiger partial charge on any atom is -0.393 e. The van der Waals surface area contributed by atoms with Gasteiger partial charge in [0.15, 0.2) is 0 Å². The van der Waals surface area contributed by atoms with Gasteiger partial charge in [0.05, 0.1) is 12.2 Å². The van der Waals surface area contributed by atoms with Crippen LogP contribution in [0.15, 0.2) is 11.6 Å². The highest BCUT2D eigenvalue weighted by atomic mass is 16.3. The van der Waals surface area contributed by atoms with Crippen molar-refractivity contribution in [2.75, 3.05) is 0 Å². The maximum absolute atomic E-state index is 9.15. The smallest absolute Gasteiger partial charge is 0.0577 e. The third kappa shape index (κ3) is 3.04. The zero-order chi connectivity index (χ0) is 8.27. The van der Waals surface area contributed by atoms with Crippen LogP contribution in [-0.4, -0.2) is 22.4 Å². The van der Waals surface area contributed by atoms with E-state index in [1.54, 1.807) is 6.92 Å². The Kier molecular flexibility index (Phi) is 3.09. The Labute approximate surface area is 67.6 Å². The van der Waals surface area contributed by atoms with Gasteiger partial charge in [0.2, 0.25) is 0 Å². The van der Waals surface area contributed by atoms with E-state index in [1.165, 1.54) is 5.57 Å². The molecule has 2 unspecified atom stereocenters. The first-order chi connectivity index (χ1) is 5.18. The molecule has 0 aromatic rings. The quantitative estimate of drug-likeness (QED) is 0.590. The summed E-state index contributed by atoms with van der Waals surface area (Å²) in [6.45, 7) is 1.80. The van der Waals surface area contributed by atoms with Crippen LogP contribution in [0.1, 0.15) is 32.6 Å². The van der Waals surface area contributed by atoms with Gasteiger partial charge in [-0.05, 0) is 32.6 Å². The van der Waals surface area contributed by atoms with Crippen molar-refractivity contribution in [3.8, 4) is 0 Å².